The van der Waals surface area contributed by atoms with Crippen LogP contribution in [0.5, 0.6) is 0 Å². The van der Waals surface area contributed by atoms with Gasteiger partial charge in [0, 0.05) is 22.8 Å². The number of carbonyl (C=O) groups is 2. The van der Waals surface area contributed by atoms with Crippen LogP contribution >= 0.6 is 23.2 Å². The highest BCUT2D eigenvalue weighted by atomic mass is 35.5. The lowest BCUT2D eigenvalue weighted by Crippen LogP contribution is -2.19. The average Bonchev–Trinajstić information content (AvgIpc) is 2.71. The summed E-state index contributed by atoms with van der Waals surface area (Å²) in [4.78, 5) is 35.7. The van der Waals surface area contributed by atoms with Crippen molar-refractivity contribution in [1.29, 1.82) is 0 Å². The van der Waals surface area contributed by atoms with E-state index in [-0.39, 0.29) is 27.5 Å². The fraction of sp³-hybridized carbons (Fsp3) is 0.0476. The molecule has 0 heterocycles. The van der Waals surface area contributed by atoms with E-state index in [0.717, 1.165) is 6.07 Å². The van der Waals surface area contributed by atoms with Gasteiger partial charge < -0.3 is 10.6 Å². The number of nitrogens with zero attached hydrogens (tertiary/aromatic N) is 1. The van der Waals surface area contributed by atoms with E-state index < -0.39 is 16.7 Å². The maximum Gasteiger partial charge on any atom is 0.270 e. The van der Waals surface area contributed by atoms with Gasteiger partial charge in [-0.05, 0) is 42.8 Å². The maximum absolute atomic E-state index is 12.8. The van der Waals surface area contributed by atoms with Gasteiger partial charge in [-0.2, -0.15) is 0 Å². The van der Waals surface area contributed by atoms with Crippen molar-refractivity contribution in [2.75, 3.05) is 10.6 Å². The van der Waals surface area contributed by atoms with Gasteiger partial charge in [0.15, 0.2) is 0 Å². The number of non-ortho nitro benzene ring substituents is 1. The summed E-state index contributed by atoms with van der Waals surface area (Å²) in [6, 6.07) is 15.1. The minimum absolute atomic E-state index is 0.0446. The molecule has 9 heteroatoms. The zero-order valence-electron chi connectivity index (χ0n) is 15.6. The SMILES string of the molecule is Cc1c(Cl)cccc1NC(=O)c1ccccc1NC(=O)c1ccc([N+](=O)[O-])cc1Cl. The lowest BCUT2D eigenvalue weighted by Gasteiger charge is -2.13. The molecule has 3 aromatic carbocycles. The van der Waals surface area contributed by atoms with Crippen molar-refractivity contribution in [1.82, 2.24) is 0 Å². The average molecular weight is 444 g/mol. The molecule has 3 rings (SSSR count). The Balaban J connectivity index is 1.85. The Labute approximate surface area is 181 Å². The second kappa shape index (κ2) is 8.94. The summed E-state index contributed by atoms with van der Waals surface area (Å²) in [5.74, 6) is -1.04. The summed E-state index contributed by atoms with van der Waals surface area (Å²) in [5, 5.41) is 16.7. The largest absolute Gasteiger partial charge is 0.322 e. The van der Waals surface area contributed by atoms with Gasteiger partial charge in [0.25, 0.3) is 17.5 Å². The lowest BCUT2D eigenvalue weighted by molar-refractivity contribution is -0.384. The molecule has 152 valence electrons. The number of carbonyl (C=O) groups excluding carboxylic acids is 2. The van der Waals surface area contributed by atoms with Crippen molar-refractivity contribution in [2.45, 2.75) is 6.92 Å². The number of halogens is 2. The molecule has 0 bridgehead atoms. The highest BCUT2D eigenvalue weighted by molar-refractivity contribution is 6.34. The van der Waals surface area contributed by atoms with Crippen molar-refractivity contribution in [3.05, 3.63) is 97.5 Å². The molecule has 0 radical (unpaired) electrons. The molecule has 0 aliphatic rings. The van der Waals surface area contributed by atoms with E-state index >= 15 is 0 Å². The summed E-state index contributed by atoms with van der Waals surface area (Å²) in [6.07, 6.45) is 0. The van der Waals surface area contributed by atoms with E-state index in [9.17, 15) is 19.7 Å². The molecule has 0 unspecified atom stereocenters. The number of hydrogen-bond acceptors (Lipinski definition) is 4. The Kier molecular flexibility index (Phi) is 6.34. The smallest absolute Gasteiger partial charge is 0.270 e. The fourth-order valence-electron chi connectivity index (χ4n) is 2.71. The number of hydrogen-bond donors (Lipinski definition) is 2. The number of nitrogens with one attached hydrogen (secondary N) is 2. The van der Waals surface area contributed by atoms with Gasteiger partial charge in [0.05, 0.1) is 26.8 Å². The standard InChI is InChI=1S/C21H15Cl2N3O4/c1-12-16(22)6-4-8-18(12)24-21(28)15-5-2-3-7-19(15)25-20(27)14-10-9-13(26(29)30)11-17(14)23/h2-11H,1H3,(H,24,28)(H,25,27). The zero-order valence-corrected chi connectivity index (χ0v) is 17.1. The van der Waals surface area contributed by atoms with Crippen LogP contribution in [0, 0.1) is 17.0 Å². The van der Waals surface area contributed by atoms with E-state index in [2.05, 4.69) is 10.6 Å². The van der Waals surface area contributed by atoms with Gasteiger partial charge in [-0.1, -0.05) is 41.4 Å². The molecular formula is C21H15Cl2N3O4. The Morgan fingerprint density at radius 1 is 0.833 bits per heavy atom. The molecule has 30 heavy (non-hydrogen) atoms. The number of anilines is 2. The lowest BCUT2D eigenvalue weighted by atomic mass is 10.1. The van der Waals surface area contributed by atoms with Gasteiger partial charge in [0.1, 0.15) is 0 Å². The molecule has 2 N–H and O–H groups in total. The van der Waals surface area contributed by atoms with Gasteiger partial charge >= 0.3 is 0 Å². The van der Waals surface area contributed by atoms with Crippen LogP contribution in [0.15, 0.2) is 60.7 Å². The van der Waals surface area contributed by atoms with Crippen LogP contribution in [0.25, 0.3) is 0 Å². The van der Waals surface area contributed by atoms with Gasteiger partial charge in [-0.15, -0.1) is 0 Å². The van der Waals surface area contributed by atoms with Crippen LogP contribution in [0.2, 0.25) is 10.0 Å². The third-order valence-electron chi connectivity index (χ3n) is 4.34. The van der Waals surface area contributed by atoms with E-state index in [4.69, 9.17) is 23.2 Å². The normalized spacial score (nSPS) is 10.4. The predicted octanol–water partition coefficient (Wildman–Crippen LogP) is 5.71. The minimum Gasteiger partial charge on any atom is -0.322 e. The van der Waals surface area contributed by atoms with E-state index in [1.165, 1.54) is 12.1 Å². The van der Waals surface area contributed by atoms with E-state index in [1.807, 2.05) is 0 Å². The first-order valence-electron chi connectivity index (χ1n) is 8.68. The highest BCUT2D eigenvalue weighted by Crippen LogP contribution is 2.26. The highest BCUT2D eigenvalue weighted by Gasteiger charge is 2.18. The van der Waals surface area contributed by atoms with Crippen molar-refractivity contribution in [2.24, 2.45) is 0 Å². The van der Waals surface area contributed by atoms with Crippen LogP contribution in [0.1, 0.15) is 26.3 Å². The minimum atomic E-state index is -0.606. The topological polar surface area (TPSA) is 101 Å². The third kappa shape index (κ3) is 4.59. The van der Waals surface area contributed by atoms with Crippen LogP contribution in [0.4, 0.5) is 17.1 Å². The molecule has 3 aromatic rings. The Bertz CT molecular complexity index is 1160. The van der Waals surface area contributed by atoms with Crippen molar-refractivity contribution in [3.8, 4) is 0 Å². The summed E-state index contributed by atoms with van der Waals surface area (Å²) >= 11 is 12.1. The third-order valence-corrected chi connectivity index (χ3v) is 5.07. The predicted molar refractivity (Wildman–Crippen MR) is 117 cm³/mol. The second-order valence-corrected chi connectivity index (χ2v) is 7.10. The molecule has 0 aliphatic heterocycles. The molecule has 0 fully saturated rings. The van der Waals surface area contributed by atoms with Crippen molar-refractivity contribution in [3.63, 3.8) is 0 Å². The van der Waals surface area contributed by atoms with Crippen LogP contribution in [-0.4, -0.2) is 16.7 Å². The number of rotatable bonds is 5. The number of benzene rings is 3. The number of nitro benzene ring substituents is 1. The molecule has 2 amide bonds. The summed E-state index contributed by atoms with van der Waals surface area (Å²) in [7, 11) is 0. The molecule has 0 saturated heterocycles. The van der Waals surface area contributed by atoms with E-state index in [1.54, 1.807) is 49.4 Å². The molecule has 7 nitrogen and oxygen atoms in total. The number of amides is 2. The van der Waals surface area contributed by atoms with Crippen molar-refractivity contribution < 1.29 is 14.5 Å². The first-order chi connectivity index (χ1) is 14.3. The number of nitro groups is 1. The van der Waals surface area contributed by atoms with E-state index in [0.29, 0.717) is 16.3 Å². The molecule has 0 spiro atoms. The van der Waals surface area contributed by atoms with Gasteiger partial charge in [0.2, 0.25) is 0 Å². The van der Waals surface area contributed by atoms with Crippen LogP contribution in [0.3, 0.4) is 0 Å². The molecule has 0 atom stereocenters. The second-order valence-electron chi connectivity index (χ2n) is 6.29. The number of para-hydroxylation sites is 1. The van der Waals surface area contributed by atoms with Crippen LogP contribution < -0.4 is 10.6 Å². The Hall–Kier alpha value is -3.42. The Morgan fingerprint density at radius 3 is 2.17 bits per heavy atom. The first-order valence-corrected chi connectivity index (χ1v) is 9.44. The van der Waals surface area contributed by atoms with Gasteiger partial charge in [-0.25, -0.2) is 0 Å². The fourth-order valence-corrected chi connectivity index (χ4v) is 3.15. The molecule has 0 aliphatic carbocycles. The van der Waals surface area contributed by atoms with Gasteiger partial charge in [-0.3, -0.25) is 19.7 Å². The van der Waals surface area contributed by atoms with Crippen molar-refractivity contribution >= 4 is 52.1 Å². The summed E-state index contributed by atoms with van der Waals surface area (Å²) in [6.45, 7) is 1.78. The quantitative estimate of drug-likeness (QED) is 0.389. The first kappa shape index (κ1) is 21.3. The Morgan fingerprint density at radius 2 is 1.47 bits per heavy atom. The zero-order chi connectivity index (χ0) is 21.8. The van der Waals surface area contributed by atoms with Crippen LogP contribution in [-0.2, 0) is 0 Å². The molecule has 0 aromatic heterocycles. The maximum atomic E-state index is 12.8. The molecule has 0 saturated carbocycles. The summed E-state index contributed by atoms with van der Waals surface area (Å²) in [5.41, 5.74) is 1.56. The monoisotopic (exact) mass is 443 g/mol. The summed E-state index contributed by atoms with van der Waals surface area (Å²) < 4.78 is 0. The molecular weight excluding hydrogens is 429 g/mol.